The quantitative estimate of drug-likeness (QED) is 0.639. The summed E-state index contributed by atoms with van der Waals surface area (Å²) in [7, 11) is 0. The van der Waals surface area contributed by atoms with E-state index in [4.69, 9.17) is 15.6 Å². The minimum Gasteiger partial charge on any atom is -0.484 e. The zero-order chi connectivity index (χ0) is 10.8. The van der Waals surface area contributed by atoms with Crippen LogP contribution in [0.25, 0.3) is 0 Å². The molecule has 0 saturated heterocycles. The molecule has 2 rings (SSSR count). The van der Waals surface area contributed by atoms with Gasteiger partial charge in [0.05, 0.1) is 17.4 Å². The molecule has 0 aliphatic carbocycles. The van der Waals surface area contributed by atoms with E-state index in [2.05, 4.69) is 5.32 Å². The molecule has 0 saturated carbocycles. The lowest BCUT2D eigenvalue weighted by Crippen LogP contribution is -2.40. The molecule has 2 atom stereocenters. The number of aliphatic hydroxyl groups is 1. The zero-order valence-electron chi connectivity index (χ0n) is 8.73. The van der Waals surface area contributed by atoms with Crippen LogP contribution in [0.1, 0.15) is 13.3 Å². The van der Waals surface area contributed by atoms with Gasteiger partial charge in [-0.15, -0.1) is 0 Å². The van der Waals surface area contributed by atoms with Crippen molar-refractivity contribution in [1.82, 2.24) is 0 Å². The predicted octanol–water partition coefficient (Wildman–Crippen LogP) is 1.21. The van der Waals surface area contributed by atoms with E-state index in [0.717, 1.165) is 5.69 Å². The summed E-state index contributed by atoms with van der Waals surface area (Å²) in [5.41, 5.74) is 7.38. The predicted molar refractivity (Wildman–Crippen MR) is 60.1 cm³/mol. The van der Waals surface area contributed by atoms with Crippen LogP contribution in [0, 0.1) is 0 Å². The van der Waals surface area contributed by atoms with Crippen LogP contribution in [-0.2, 0) is 0 Å². The Balaban J connectivity index is 2.26. The van der Waals surface area contributed by atoms with E-state index in [1.165, 1.54) is 0 Å². The second-order valence-corrected chi connectivity index (χ2v) is 3.83. The van der Waals surface area contributed by atoms with Crippen molar-refractivity contribution in [2.24, 2.45) is 0 Å². The summed E-state index contributed by atoms with van der Waals surface area (Å²) in [4.78, 5) is 0. The lowest BCUT2D eigenvalue weighted by atomic mass is 10.1. The highest BCUT2D eigenvalue weighted by atomic mass is 16.5. The van der Waals surface area contributed by atoms with Crippen LogP contribution in [0.2, 0.25) is 0 Å². The summed E-state index contributed by atoms with van der Waals surface area (Å²) in [5.74, 6) is 0.703. The molecule has 0 bridgehead atoms. The Bertz CT molecular complexity index is 354. The molecule has 0 radical (unpaired) electrons. The van der Waals surface area contributed by atoms with E-state index in [1.54, 1.807) is 0 Å². The van der Waals surface area contributed by atoms with Crippen LogP contribution in [0.3, 0.4) is 0 Å². The molecule has 0 aromatic heterocycles. The molecular formula is C11H16N2O2. The average Bonchev–Trinajstić information content (AvgIpc) is 2.21. The van der Waals surface area contributed by atoms with Crippen molar-refractivity contribution in [2.45, 2.75) is 25.5 Å². The topological polar surface area (TPSA) is 67.5 Å². The monoisotopic (exact) mass is 208 g/mol. The number of fused-ring (bicyclic) bond motifs is 1. The van der Waals surface area contributed by atoms with Crippen LogP contribution in [0.15, 0.2) is 18.2 Å². The number of hydrogen-bond donors (Lipinski definition) is 3. The maximum Gasteiger partial charge on any atom is 0.165 e. The Morgan fingerprint density at radius 3 is 3.07 bits per heavy atom. The molecule has 4 nitrogen and oxygen atoms in total. The van der Waals surface area contributed by atoms with Gasteiger partial charge < -0.3 is 20.9 Å². The van der Waals surface area contributed by atoms with Gasteiger partial charge >= 0.3 is 0 Å². The van der Waals surface area contributed by atoms with E-state index >= 15 is 0 Å². The van der Waals surface area contributed by atoms with Crippen molar-refractivity contribution >= 4 is 11.4 Å². The maximum atomic E-state index is 8.91. The number of nitrogens with one attached hydrogen (secondary N) is 1. The van der Waals surface area contributed by atoms with Gasteiger partial charge in [-0.25, -0.2) is 0 Å². The highest BCUT2D eigenvalue weighted by molar-refractivity contribution is 5.70. The minimum absolute atomic E-state index is 0.0211. The normalized spacial score (nSPS) is 23.9. The molecular weight excluding hydrogens is 192 g/mol. The van der Waals surface area contributed by atoms with E-state index in [9.17, 15) is 0 Å². The minimum atomic E-state index is -0.0211. The van der Waals surface area contributed by atoms with Gasteiger partial charge in [-0.05, 0) is 19.1 Å². The summed E-state index contributed by atoms with van der Waals surface area (Å²) in [5, 5.41) is 12.2. The van der Waals surface area contributed by atoms with Gasteiger partial charge in [-0.2, -0.15) is 0 Å². The first kappa shape index (κ1) is 10.1. The summed E-state index contributed by atoms with van der Waals surface area (Å²) < 4.78 is 5.77. The molecule has 1 aromatic carbocycles. The van der Waals surface area contributed by atoms with Gasteiger partial charge in [0.2, 0.25) is 0 Å². The zero-order valence-corrected chi connectivity index (χ0v) is 8.73. The van der Waals surface area contributed by atoms with E-state index < -0.39 is 0 Å². The van der Waals surface area contributed by atoms with Gasteiger partial charge in [0.25, 0.3) is 0 Å². The molecule has 82 valence electrons. The number of anilines is 2. The second-order valence-electron chi connectivity index (χ2n) is 3.83. The van der Waals surface area contributed by atoms with Crippen LogP contribution >= 0.6 is 0 Å². The number of hydrogen-bond acceptors (Lipinski definition) is 4. The second kappa shape index (κ2) is 3.98. The molecule has 0 amide bonds. The molecule has 15 heavy (non-hydrogen) atoms. The molecule has 0 spiro atoms. The van der Waals surface area contributed by atoms with Crippen molar-refractivity contribution in [3.8, 4) is 5.75 Å². The molecule has 0 fully saturated rings. The Kier molecular flexibility index (Phi) is 2.68. The number of aliphatic hydroxyl groups excluding tert-OH is 1. The van der Waals surface area contributed by atoms with Gasteiger partial charge in [0.15, 0.2) is 5.75 Å². The number of para-hydroxylation sites is 1. The van der Waals surface area contributed by atoms with Crippen LogP contribution in [0.4, 0.5) is 11.4 Å². The van der Waals surface area contributed by atoms with Crippen molar-refractivity contribution in [2.75, 3.05) is 17.7 Å². The number of ether oxygens (including phenoxy) is 1. The molecule has 1 aliphatic heterocycles. The summed E-state index contributed by atoms with van der Waals surface area (Å²) in [6.07, 6.45) is 0.592. The first-order valence-corrected chi connectivity index (χ1v) is 5.15. The summed E-state index contributed by atoms with van der Waals surface area (Å²) >= 11 is 0. The van der Waals surface area contributed by atoms with Gasteiger partial charge in [0.1, 0.15) is 6.10 Å². The van der Waals surface area contributed by atoms with Crippen LogP contribution in [-0.4, -0.2) is 23.9 Å². The number of rotatable bonds is 2. The van der Waals surface area contributed by atoms with Crippen LogP contribution < -0.4 is 15.8 Å². The molecule has 4 N–H and O–H groups in total. The van der Waals surface area contributed by atoms with Crippen LogP contribution in [0.5, 0.6) is 5.75 Å². The smallest absolute Gasteiger partial charge is 0.165 e. The molecule has 4 heteroatoms. The third-order valence-electron chi connectivity index (χ3n) is 2.67. The Morgan fingerprint density at radius 1 is 1.53 bits per heavy atom. The van der Waals surface area contributed by atoms with Gasteiger partial charge in [-0.1, -0.05) is 6.07 Å². The molecule has 1 aromatic rings. The lowest BCUT2D eigenvalue weighted by molar-refractivity contribution is 0.135. The molecule has 2 unspecified atom stereocenters. The standard InChI is InChI=1S/C11H16N2O2/c1-7-10(5-6-14)15-11-8(12)3-2-4-9(11)13-7/h2-4,7,10,13-14H,5-6,12H2,1H3. The molecule has 1 aliphatic rings. The largest absolute Gasteiger partial charge is 0.484 e. The fourth-order valence-electron chi connectivity index (χ4n) is 1.83. The first-order chi connectivity index (χ1) is 7.22. The highest BCUT2D eigenvalue weighted by Crippen LogP contribution is 2.36. The molecule has 1 heterocycles. The fourth-order valence-corrected chi connectivity index (χ4v) is 1.83. The maximum absolute atomic E-state index is 8.91. The number of nitrogen functional groups attached to an aromatic ring is 1. The van der Waals surface area contributed by atoms with E-state index in [-0.39, 0.29) is 18.8 Å². The van der Waals surface area contributed by atoms with Gasteiger partial charge in [0, 0.05) is 13.0 Å². The Morgan fingerprint density at radius 2 is 2.33 bits per heavy atom. The van der Waals surface area contributed by atoms with E-state index in [0.29, 0.717) is 17.9 Å². The average molecular weight is 208 g/mol. The fraction of sp³-hybridized carbons (Fsp3) is 0.455. The van der Waals surface area contributed by atoms with Gasteiger partial charge in [-0.3, -0.25) is 0 Å². The number of nitrogens with two attached hydrogens (primary N) is 1. The summed E-state index contributed by atoms with van der Waals surface area (Å²) in [6, 6.07) is 5.83. The first-order valence-electron chi connectivity index (χ1n) is 5.15. The lowest BCUT2D eigenvalue weighted by Gasteiger charge is -2.33. The van der Waals surface area contributed by atoms with Crippen molar-refractivity contribution in [3.05, 3.63) is 18.2 Å². The van der Waals surface area contributed by atoms with Crippen molar-refractivity contribution in [3.63, 3.8) is 0 Å². The van der Waals surface area contributed by atoms with Crippen molar-refractivity contribution < 1.29 is 9.84 Å². The number of benzene rings is 1. The highest BCUT2D eigenvalue weighted by Gasteiger charge is 2.26. The third kappa shape index (κ3) is 1.85. The van der Waals surface area contributed by atoms with Crippen molar-refractivity contribution in [1.29, 1.82) is 0 Å². The SMILES string of the molecule is CC1Nc2cccc(N)c2OC1CCO. The summed E-state index contributed by atoms with van der Waals surface area (Å²) in [6.45, 7) is 2.16. The Hall–Kier alpha value is -1.42. The Labute approximate surface area is 89.0 Å². The van der Waals surface area contributed by atoms with E-state index in [1.807, 2.05) is 25.1 Å². The third-order valence-corrected chi connectivity index (χ3v) is 2.67.